The van der Waals surface area contributed by atoms with Crippen molar-refractivity contribution in [2.45, 2.75) is 51.1 Å². The molecule has 1 aliphatic carbocycles. The van der Waals surface area contributed by atoms with E-state index >= 15 is 0 Å². The monoisotopic (exact) mass is 492 g/mol. The Bertz CT molecular complexity index is 1190. The van der Waals surface area contributed by atoms with Crippen LogP contribution in [0.3, 0.4) is 0 Å². The van der Waals surface area contributed by atoms with Gasteiger partial charge in [0.25, 0.3) is 0 Å². The highest BCUT2D eigenvalue weighted by molar-refractivity contribution is 5.81. The SMILES string of the molecule is COc1ccc(OC)c(CC(=O)N[C@H]2C[C@H](C(=O)NC(C)C)C[C@H]2c2nc(-c3ccccc3)no2)c1. The third kappa shape index (κ3) is 5.84. The van der Waals surface area contributed by atoms with Crippen molar-refractivity contribution in [3.63, 3.8) is 0 Å². The molecule has 3 aromatic rings. The van der Waals surface area contributed by atoms with E-state index in [0.29, 0.717) is 41.6 Å². The molecule has 9 heteroatoms. The Morgan fingerprint density at radius 1 is 1.08 bits per heavy atom. The summed E-state index contributed by atoms with van der Waals surface area (Å²) in [4.78, 5) is 30.5. The summed E-state index contributed by atoms with van der Waals surface area (Å²) in [5, 5.41) is 10.2. The molecule has 0 bridgehead atoms. The van der Waals surface area contributed by atoms with Crippen LogP contribution in [0.4, 0.5) is 0 Å². The van der Waals surface area contributed by atoms with Crippen LogP contribution in [0, 0.1) is 5.92 Å². The number of amides is 2. The summed E-state index contributed by atoms with van der Waals surface area (Å²) in [6.07, 6.45) is 1.08. The van der Waals surface area contributed by atoms with Crippen LogP contribution in [0.25, 0.3) is 11.4 Å². The molecule has 190 valence electrons. The van der Waals surface area contributed by atoms with Gasteiger partial charge in [0.1, 0.15) is 11.5 Å². The fourth-order valence-corrected chi connectivity index (χ4v) is 4.63. The van der Waals surface area contributed by atoms with Crippen LogP contribution in [0.1, 0.15) is 44.1 Å². The molecule has 36 heavy (non-hydrogen) atoms. The lowest BCUT2D eigenvalue weighted by Gasteiger charge is -2.18. The molecule has 2 amide bonds. The van der Waals surface area contributed by atoms with E-state index in [4.69, 9.17) is 14.0 Å². The van der Waals surface area contributed by atoms with Gasteiger partial charge in [0.2, 0.25) is 23.5 Å². The van der Waals surface area contributed by atoms with Crippen LogP contribution in [0.15, 0.2) is 53.1 Å². The van der Waals surface area contributed by atoms with E-state index in [0.717, 1.165) is 5.56 Å². The van der Waals surface area contributed by atoms with Crippen LogP contribution in [0.5, 0.6) is 11.5 Å². The molecule has 0 aliphatic heterocycles. The first kappa shape index (κ1) is 25.2. The Kier molecular flexibility index (Phi) is 7.87. The summed E-state index contributed by atoms with van der Waals surface area (Å²) in [5.41, 5.74) is 1.55. The number of benzene rings is 2. The summed E-state index contributed by atoms with van der Waals surface area (Å²) in [5.74, 6) is 1.35. The molecule has 2 aromatic carbocycles. The highest BCUT2D eigenvalue weighted by Crippen LogP contribution is 2.39. The van der Waals surface area contributed by atoms with Gasteiger partial charge in [0.05, 0.1) is 26.6 Å². The van der Waals surface area contributed by atoms with Crippen LogP contribution >= 0.6 is 0 Å². The first-order chi connectivity index (χ1) is 17.4. The molecule has 0 saturated heterocycles. The fourth-order valence-electron chi connectivity index (χ4n) is 4.63. The topological polar surface area (TPSA) is 116 Å². The number of hydrogen-bond donors (Lipinski definition) is 2. The van der Waals surface area contributed by atoms with Gasteiger partial charge < -0.3 is 24.6 Å². The number of methoxy groups -OCH3 is 2. The average Bonchev–Trinajstić information content (AvgIpc) is 3.51. The van der Waals surface area contributed by atoms with Gasteiger partial charge in [0.15, 0.2) is 0 Å². The first-order valence-corrected chi connectivity index (χ1v) is 12.1. The molecule has 0 radical (unpaired) electrons. The molecular formula is C27H32N4O5. The van der Waals surface area contributed by atoms with E-state index in [9.17, 15) is 9.59 Å². The zero-order valence-corrected chi connectivity index (χ0v) is 21.0. The highest BCUT2D eigenvalue weighted by atomic mass is 16.5. The predicted octanol–water partition coefficient (Wildman–Crippen LogP) is 3.50. The van der Waals surface area contributed by atoms with Crippen molar-refractivity contribution in [3.8, 4) is 22.9 Å². The maximum absolute atomic E-state index is 13.1. The van der Waals surface area contributed by atoms with E-state index in [1.807, 2.05) is 44.2 Å². The second kappa shape index (κ2) is 11.2. The second-order valence-corrected chi connectivity index (χ2v) is 9.29. The molecule has 9 nitrogen and oxygen atoms in total. The Hall–Kier alpha value is -3.88. The van der Waals surface area contributed by atoms with Crippen LogP contribution < -0.4 is 20.1 Å². The molecule has 1 fully saturated rings. The van der Waals surface area contributed by atoms with Gasteiger partial charge in [-0.1, -0.05) is 35.5 Å². The van der Waals surface area contributed by atoms with Crippen molar-refractivity contribution in [2.24, 2.45) is 5.92 Å². The molecule has 0 spiro atoms. The van der Waals surface area contributed by atoms with Crippen LogP contribution in [-0.2, 0) is 16.0 Å². The lowest BCUT2D eigenvalue weighted by Crippen LogP contribution is -2.38. The largest absolute Gasteiger partial charge is 0.497 e. The van der Waals surface area contributed by atoms with Gasteiger partial charge in [0, 0.05) is 29.1 Å². The van der Waals surface area contributed by atoms with E-state index in [-0.39, 0.29) is 42.2 Å². The number of carbonyl (C=O) groups is 2. The third-order valence-corrected chi connectivity index (χ3v) is 6.34. The summed E-state index contributed by atoms with van der Waals surface area (Å²) >= 11 is 0. The van der Waals surface area contributed by atoms with Crippen molar-refractivity contribution >= 4 is 11.8 Å². The molecule has 1 aliphatic rings. The van der Waals surface area contributed by atoms with E-state index in [2.05, 4.69) is 20.8 Å². The Balaban J connectivity index is 1.54. The van der Waals surface area contributed by atoms with Crippen molar-refractivity contribution in [3.05, 3.63) is 60.0 Å². The summed E-state index contributed by atoms with van der Waals surface area (Å²) in [6.45, 7) is 3.85. The third-order valence-electron chi connectivity index (χ3n) is 6.34. The number of hydrogen-bond acceptors (Lipinski definition) is 7. The maximum atomic E-state index is 13.1. The predicted molar refractivity (Wildman–Crippen MR) is 134 cm³/mol. The summed E-state index contributed by atoms with van der Waals surface area (Å²) < 4.78 is 16.3. The van der Waals surface area contributed by atoms with Gasteiger partial charge >= 0.3 is 0 Å². The second-order valence-electron chi connectivity index (χ2n) is 9.29. The van der Waals surface area contributed by atoms with Crippen LogP contribution in [-0.4, -0.2) is 48.3 Å². The van der Waals surface area contributed by atoms with Gasteiger partial charge in [-0.3, -0.25) is 9.59 Å². The molecule has 3 atom stereocenters. The van der Waals surface area contributed by atoms with Gasteiger partial charge in [-0.15, -0.1) is 0 Å². The summed E-state index contributed by atoms with van der Waals surface area (Å²) in [7, 11) is 3.14. The number of ether oxygens (including phenoxy) is 2. The van der Waals surface area contributed by atoms with Crippen molar-refractivity contribution in [1.29, 1.82) is 0 Å². The molecule has 0 unspecified atom stereocenters. The number of carbonyl (C=O) groups excluding carboxylic acids is 2. The molecule has 1 saturated carbocycles. The molecule has 1 aromatic heterocycles. The lowest BCUT2D eigenvalue weighted by molar-refractivity contribution is -0.126. The van der Waals surface area contributed by atoms with Crippen molar-refractivity contribution in [1.82, 2.24) is 20.8 Å². The van der Waals surface area contributed by atoms with Gasteiger partial charge in [-0.2, -0.15) is 4.98 Å². The van der Waals surface area contributed by atoms with E-state index in [1.165, 1.54) is 0 Å². The molecular weight excluding hydrogens is 460 g/mol. The Morgan fingerprint density at radius 2 is 1.86 bits per heavy atom. The standard InChI is InChI=1S/C27H32N4O5/c1-16(2)28-26(33)19-13-21(27-30-25(31-36-27)17-8-6-5-7-9-17)22(14-19)29-24(32)15-18-12-20(34-3)10-11-23(18)35-4/h5-12,16,19,21-22H,13-15H2,1-4H3,(H,28,33)(H,29,32)/t19-,21-,22+/m1/s1. The molecule has 1 heterocycles. The number of aromatic nitrogens is 2. The lowest BCUT2D eigenvalue weighted by atomic mass is 10.0. The highest BCUT2D eigenvalue weighted by Gasteiger charge is 2.42. The van der Waals surface area contributed by atoms with Gasteiger partial charge in [-0.25, -0.2) is 0 Å². The fraction of sp³-hybridized carbons (Fsp3) is 0.407. The minimum absolute atomic E-state index is 0.0261. The minimum atomic E-state index is -0.332. The number of rotatable bonds is 9. The van der Waals surface area contributed by atoms with E-state index < -0.39 is 0 Å². The normalized spacial score (nSPS) is 19.2. The number of nitrogens with zero attached hydrogens (tertiary/aromatic N) is 2. The summed E-state index contributed by atoms with van der Waals surface area (Å²) in [6, 6.07) is 14.6. The van der Waals surface area contributed by atoms with E-state index in [1.54, 1.807) is 32.4 Å². The molecule has 4 rings (SSSR count). The first-order valence-electron chi connectivity index (χ1n) is 12.1. The number of nitrogens with one attached hydrogen (secondary N) is 2. The zero-order chi connectivity index (χ0) is 25.7. The average molecular weight is 493 g/mol. The zero-order valence-electron chi connectivity index (χ0n) is 21.0. The van der Waals surface area contributed by atoms with Gasteiger partial charge in [-0.05, 0) is 44.9 Å². The van der Waals surface area contributed by atoms with Crippen molar-refractivity contribution in [2.75, 3.05) is 14.2 Å². The molecule has 2 N–H and O–H groups in total. The maximum Gasteiger partial charge on any atom is 0.232 e. The smallest absolute Gasteiger partial charge is 0.232 e. The minimum Gasteiger partial charge on any atom is -0.497 e. The Labute approximate surface area is 210 Å². The Morgan fingerprint density at radius 3 is 2.56 bits per heavy atom. The quantitative estimate of drug-likeness (QED) is 0.470. The van der Waals surface area contributed by atoms with Crippen molar-refractivity contribution < 1.29 is 23.6 Å². The van der Waals surface area contributed by atoms with Crippen LogP contribution in [0.2, 0.25) is 0 Å².